The predicted molar refractivity (Wildman–Crippen MR) is 80.8 cm³/mol. The largest absolute Gasteiger partial charge is 0.311 e. The standard InChI is InChI=1S/C14H21Cl2N3/c1-3-10-8-19(11(4-2)7-17-10)9-13-12(15)5-6-14(16)18-13/h5-6,10-11,17H,3-4,7-9H2,1-2H3. The lowest BCUT2D eigenvalue weighted by Gasteiger charge is -2.39. The van der Waals surface area contributed by atoms with Gasteiger partial charge in [0.1, 0.15) is 5.15 Å². The minimum absolute atomic E-state index is 0.509. The van der Waals surface area contributed by atoms with Crippen LogP contribution in [0.3, 0.4) is 0 Å². The molecule has 19 heavy (non-hydrogen) atoms. The number of piperazine rings is 1. The van der Waals surface area contributed by atoms with Crippen LogP contribution in [0, 0.1) is 0 Å². The van der Waals surface area contributed by atoms with Gasteiger partial charge in [0, 0.05) is 31.7 Å². The highest BCUT2D eigenvalue weighted by Crippen LogP contribution is 2.21. The molecule has 0 amide bonds. The van der Waals surface area contributed by atoms with Gasteiger partial charge >= 0.3 is 0 Å². The third-order valence-electron chi connectivity index (χ3n) is 3.81. The average Bonchev–Trinajstić information content (AvgIpc) is 2.42. The SMILES string of the molecule is CCC1CN(Cc2nc(Cl)ccc2Cl)C(CC)CN1. The molecule has 1 fully saturated rings. The molecule has 1 aromatic heterocycles. The summed E-state index contributed by atoms with van der Waals surface area (Å²) in [5, 5.41) is 4.80. The molecule has 2 rings (SSSR count). The molecule has 0 aromatic carbocycles. The van der Waals surface area contributed by atoms with Crippen molar-refractivity contribution in [1.82, 2.24) is 15.2 Å². The molecule has 1 saturated heterocycles. The number of hydrogen-bond donors (Lipinski definition) is 1. The lowest BCUT2D eigenvalue weighted by molar-refractivity contribution is 0.116. The van der Waals surface area contributed by atoms with Crippen LogP contribution < -0.4 is 5.32 Å². The van der Waals surface area contributed by atoms with Gasteiger partial charge in [0.05, 0.1) is 10.7 Å². The van der Waals surface area contributed by atoms with Gasteiger partial charge in [-0.25, -0.2) is 4.98 Å². The van der Waals surface area contributed by atoms with Gasteiger partial charge in [0.15, 0.2) is 0 Å². The molecule has 1 aliphatic heterocycles. The molecule has 1 N–H and O–H groups in total. The van der Waals surface area contributed by atoms with Crippen molar-refractivity contribution in [3.63, 3.8) is 0 Å². The van der Waals surface area contributed by atoms with E-state index in [1.165, 1.54) is 0 Å². The quantitative estimate of drug-likeness (QED) is 0.865. The second-order valence-corrected chi connectivity index (χ2v) is 5.86. The Labute approximate surface area is 125 Å². The summed E-state index contributed by atoms with van der Waals surface area (Å²) >= 11 is 12.2. The van der Waals surface area contributed by atoms with Crippen molar-refractivity contribution >= 4 is 23.2 Å². The maximum absolute atomic E-state index is 6.21. The maximum atomic E-state index is 6.21. The van der Waals surface area contributed by atoms with E-state index in [2.05, 4.69) is 29.0 Å². The minimum atomic E-state index is 0.509. The van der Waals surface area contributed by atoms with Crippen molar-refractivity contribution in [2.45, 2.75) is 45.3 Å². The molecule has 0 radical (unpaired) electrons. The summed E-state index contributed by atoms with van der Waals surface area (Å²) in [6.45, 7) is 7.29. The molecule has 106 valence electrons. The molecule has 5 heteroatoms. The predicted octanol–water partition coefficient (Wildman–Crippen LogP) is 3.35. The highest BCUT2D eigenvalue weighted by Gasteiger charge is 2.26. The van der Waals surface area contributed by atoms with Gasteiger partial charge in [-0.2, -0.15) is 0 Å². The fourth-order valence-electron chi connectivity index (χ4n) is 2.56. The number of nitrogens with one attached hydrogen (secondary N) is 1. The monoisotopic (exact) mass is 301 g/mol. The van der Waals surface area contributed by atoms with Crippen molar-refractivity contribution in [2.75, 3.05) is 13.1 Å². The first-order valence-corrected chi connectivity index (χ1v) is 7.68. The van der Waals surface area contributed by atoms with Gasteiger partial charge in [-0.3, -0.25) is 4.90 Å². The molecule has 2 heterocycles. The lowest BCUT2D eigenvalue weighted by atomic mass is 10.0. The van der Waals surface area contributed by atoms with Crippen LogP contribution in [0.1, 0.15) is 32.4 Å². The van der Waals surface area contributed by atoms with Crippen LogP contribution in [0.25, 0.3) is 0 Å². The number of hydrogen-bond acceptors (Lipinski definition) is 3. The summed E-state index contributed by atoms with van der Waals surface area (Å²) in [5.41, 5.74) is 0.879. The maximum Gasteiger partial charge on any atom is 0.129 e. The van der Waals surface area contributed by atoms with E-state index in [-0.39, 0.29) is 0 Å². The van der Waals surface area contributed by atoms with Crippen LogP contribution in [0.2, 0.25) is 10.2 Å². The molecule has 0 aliphatic carbocycles. The first kappa shape index (κ1) is 15.0. The normalized spacial score (nSPS) is 24.6. The number of pyridine rings is 1. The van der Waals surface area contributed by atoms with E-state index in [9.17, 15) is 0 Å². The van der Waals surface area contributed by atoms with Gasteiger partial charge in [-0.1, -0.05) is 37.0 Å². The van der Waals surface area contributed by atoms with Crippen molar-refractivity contribution in [3.8, 4) is 0 Å². The first-order chi connectivity index (χ1) is 9.13. The van der Waals surface area contributed by atoms with Gasteiger partial charge in [-0.05, 0) is 25.0 Å². The fourth-order valence-corrected chi connectivity index (χ4v) is 2.89. The molecule has 0 saturated carbocycles. The summed E-state index contributed by atoms with van der Waals surface area (Å²) in [6, 6.07) is 4.66. The molecule has 2 unspecified atom stereocenters. The van der Waals surface area contributed by atoms with E-state index in [4.69, 9.17) is 23.2 Å². The Kier molecular flexibility index (Phi) is 5.46. The van der Waals surface area contributed by atoms with Crippen LogP contribution in [0.15, 0.2) is 12.1 Å². The Bertz CT molecular complexity index is 425. The summed E-state index contributed by atoms with van der Waals surface area (Å²) in [7, 11) is 0. The Hall–Kier alpha value is -0.350. The zero-order chi connectivity index (χ0) is 13.8. The van der Waals surface area contributed by atoms with E-state index in [0.29, 0.717) is 22.3 Å². The number of aromatic nitrogens is 1. The van der Waals surface area contributed by atoms with Crippen molar-refractivity contribution in [2.24, 2.45) is 0 Å². The Balaban J connectivity index is 2.11. The van der Waals surface area contributed by atoms with Crippen molar-refractivity contribution in [1.29, 1.82) is 0 Å². The molecule has 0 spiro atoms. The number of nitrogens with zero attached hydrogens (tertiary/aromatic N) is 2. The number of halogens is 2. The van der Waals surface area contributed by atoms with Gasteiger partial charge in [-0.15, -0.1) is 0 Å². The van der Waals surface area contributed by atoms with Gasteiger partial charge in [0.25, 0.3) is 0 Å². The minimum Gasteiger partial charge on any atom is -0.311 e. The Morgan fingerprint density at radius 3 is 2.79 bits per heavy atom. The summed E-state index contributed by atoms with van der Waals surface area (Å²) in [6.07, 6.45) is 2.27. The fraction of sp³-hybridized carbons (Fsp3) is 0.643. The van der Waals surface area contributed by atoms with E-state index < -0.39 is 0 Å². The smallest absolute Gasteiger partial charge is 0.129 e. The van der Waals surface area contributed by atoms with Crippen LogP contribution in [0.4, 0.5) is 0 Å². The van der Waals surface area contributed by atoms with E-state index in [1.807, 2.05) is 6.07 Å². The highest BCUT2D eigenvalue weighted by atomic mass is 35.5. The third kappa shape index (κ3) is 3.82. The molecular formula is C14H21Cl2N3. The topological polar surface area (TPSA) is 28.2 Å². The van der Waals surface area contributed by atoms with E-state index in [0.717, 1.165) is 38.2 Å². The average molecular weight is 302 g/mol. The Morgan fingerprint density at radius 1 is 1.32 bits per heavy atom. The molecule has 1 aromatic rings. The first-order valence-electron chi connectivity index (χ1n) is 6.92. The van der Waals surface area contributed by atoms with E-state index in [1.54, 1.807) is 6.07 Å². The van der Waals surface area contributed by atoms with Crippen molar-refractivity contribution < 1.29 is 0 Å². The van der Waals surface area contributed by atoms with Crippen LogP contribution >= 0.6 is 23.2 Å². The van der Waals surface area contributed by atoms with Crippen LogP contribution in [-0.2, 0) is 6.54 Å². The zero-order valence-electron chi connectivity index (χ0n) is 11.5. The zero-order valence-corrected chi connectivity index (χ0v) is 13.0. The van der Waals surface area contributed by atoms with Gasteiger partial charge < -0.3 is 5.32 Å². The second kappa shape index (κ2) is 6.89. The van der Waals surface area contributed by atoms with Crippen molar-refractivity contribution in [3.05, 3.63) is 28.0 Å². The molecule has 0 bridgehead atoms. The highest BCUT2D eigenvalue weighted by molar-refractivity contribution is 6.32. The second-order valence-electron chi connectivity index (χ2n) is 5.07. The third-order valence-corrected chi connectivity index (χ3v) is 4.37. The molecule has 3 nitrogen and oxygen atoms in total. The summed E-state index contributed by atoms with van der Waals surface area (Å²) < 4.78 is 0. The molecule has 1 aliphatic rings. The van der Waals surface area contributed by atoms with E-state index >= 15 is 0 Å². The molecular weight excluding hydrogens is 281 g/mol. The molecule has 2 atom stereocenters. The summed E-state index contributed by atoms with van der Waals surface area (Å²) in [4.78, 5) is 6.83. The Morgan fingerprint density at radius 2 is 2.11 bits per heavy atom. The van der Waals surface area contributed by atoms with Crippen LogP contribution in [-0.4, -0.2) is 35.1 Å². The van der Waals surface area contributed by atoms with Crippen LogP contribution in [0.5, 0.6) is 0 Å². The lowest BCUT2D eigenvalue weighted by Crippen LogP contribution is -2.55. The summed E-state index contributed by atoms with van der Waals surface area (Å²) in [5.74, 6) is 0. The van der Waals surface area contributed by atoms with Gasteiger partial charge in [0.2, 0.25) is 0 Å². The number of rotatable bonds is 4.